The molecule has 0 atom stereocenters. The normalized spacial score (nSPS) is 16.3. The van der Waals surface area contributed by atoms with Crippen molar-refractivity contribution in [3.05, 3.63) is 69.6 Å². The summed E-state index contributed by atoms with van der Waals surface area (Å²) in [7, 11) is 5.37. The fourth-order valence-corrected chi connectivity index (χ4v) is 6.95. The van der Waals surface area contributed by atoms with Gasteiger partial charge in [-0.05, 0) is 53.5 Å². The van der Waals surface area contributed by atoms with Crippen LogP contribution >= 0.6 is 22.7 Å². The van der Waals surface area contributed by atoms with Crippen molar-refractivity contribution in [1.29, 1.82) is 0 Å². The number of carbonyl (C=O) groups excluding carboxylic acids is 6. The lowest BCUT2D eigenvalue weighted by atomic mass is 10.0. The van der Waals surface area contributed by atoms with Gasteiger partial charge in [0.05, 0.1) is 0 Å². The molecule has 42 heavy (non-hydrogen) atoms. The molecule has 0 N–H and O–H groups in total. The smallest absolute Gasteiger partial charge is 0.268 e. The van der Waals surface area contributed by atoms with Crippen LogP contribution in [-0.2, 0) is 25.6 Å². The summed E-state index contributed by atoms with van der Waals surface area (Å²) in [5.41, 5.74) is 2.61. The molecule has 4 heterocycles. The molecular weight excluding hydrogens is 576 g/mol. The molecule has 0 aliphatic carbocycles. The highest BCUT2D eigenvalue weighted by Gasteiger charge is 2.38. The minimum Gasteiger partial charge on any atom is -0.268 e. The van der Waals surface area contributed by atoms with Crippen molar-refractivity contribution >= 4 is 70.5 Å². The monoisotopic (exact) mass is 602 g/mol. The number of carbonyl (C=O) groups is 6. The first-order chi connectivity index (χ1) is 19.9. The molecule has 2 aliphatic rings. The molecule has 214 valence electrons. The van der Waals surface area contributed by atoms with Crippen LogP contribution in [0.2, 0.25) is 0 Å². The zero-order valence-electron chi connectivity index (χ0n) is 23.5. The zero-order valence-corrected chi connectivity index (χ0v) is 25.1. The average molecular weight is 603 g/mol. The molecule has 5 rings (SSSR count). The number of rotatable bonds is 5. The number of aryl methyl sites for hydroxylation is 1. The quantitative estimate of drug-likeness (QED) is 0.312. The number of imide groups is 4. The predicted octanol–water partition coefficient (Wildman–Crippen LogP) is 4.57. The fourth-order valence-electron chi connectivity index (χ4n) is 4.60. The van der Waals surface area contributed by atoms with Crippen molar-refractivity contribution in [3.63, 3.8) is 0 Å². The van der Waals surface area contributed by atoms with Gasteiger partial charge in [-0.15, -0.1) is 22.7 Å². The molecule has 2 aromatic heterocycles. The van der Waals surface area contributed by atoms with Crippen LogP contribution in [0, 0.1) is 0 Å². The Labute approximate surface area is 249 Å². The highest BCUT2D eigenvalue weighted by molar-refractivity contribution is 7.24. The predicted molar refractivity (Wildman–Crippen MR) is 160 cm³/mol. The summed E-state index contributed by atoms with van der Waals surface area (Å²) in [6, 6.07) is 12.1. The zero-order chi connectivity index (χ0) is 30.5. The van der Waals surface area contributed by atoms with E-state index in [1.54, 1.807) is 11.3 Å². The molecule has 0 saturated carbocycles. The SMILES string of the molecule is CCc1cc(-c2ccc(C=C3C(=O)N(C)C(=O)N(C)C3=O)cc2)sc1-c1ccc(C=C2C(=O)N(C)C(=O)N(C)C2=O)s1. The number of benzene rings is 1. The molecule has 0 spiro atoms. The summed E-state index contributed by atoms with van der Waals surface area (Å²) in [6.07, 6.45) is 3.81. The largest absolute Gasteiger partial charge is 0.333 e. The average Bonchev–Trinajstić information content (AvgIpc) is 3.65. The number of barbiturate groups is 2. The molecule has 12 heteroatoms. The van der Waals surface area contributed by atoms with E-state index in [2.05, 4.69) is 13.0 Å². The maximum Gasteiger partial charge on any atom is 0.333 e. The first-order valence-electron chi connectivity index (χ1n) is 12.9. The van der Waals surface area contributed by atoms with Crippen LogP contribution in [0.5, 0.6) is 0 Å². The lowest BCUT2D eigenvalue weighted by molar-refractivity contribution is -0.135. The second-order valence-electron chi connectivity index (χ2n) is 9.78. The van der Waals surface area contributed by atoms with Crippen molar-refractivity contribution in [1.82, 2.24) is 19.6 Å². The Morgan fingerprint density at radius 2 is 1.12 bits per heavy atom. The second kappa shape index (κ2) is 11.0. The highest BCUT2D eigenvalue weighted by atomic mass is 32.1. The van der Waals surface area contributed by atoms with Crippen LogP contribution in [0.3, 0.4) is 0 Å². The van der Waals surface area contributed by atoms with Gasteiger partial charge in [0.1, 0.15) is 11.1 Å². The molecule has 2 aliphatic heterocycles. The maximum absolute atomic E-state index is 12.6. The van der Waals surface area contributed by atoms with Crippen molar-refractivity contribution < 1.29 is 28.8 Å². The van der Waals surface area contributed by atoms with Gasteiger partial charge < -0.3 is 0 Å². The number of likely N-dealkylation sites (N-methyl/N-ethyl adjacent to an activating group) is 4. The van der Waals surface area contributed by atoms with E-state index in [1.807, 2.05) is 36.4 Å². The van der Waals surface area contributed by atoms with Gasteiger partial charge >= 0.3 is 12.1 Å². The molecule has 2 saturated heterocycles. The number of nitrogens with zero attached hydrogens (tertiary/aromatic N) is 4. The van der Waals surface area contributed by atoms with E-state index in [1.165, 1.54) is 51.7 Å². The number of hydrogen-bond donors (Lipinski definition) is 0. The lowest BCUT2D eigenvalue weighted by Gasteiger charge is -2.28. The molecule has 8 amide bonds. The Morgan fingerprint density at radius 3 is 1.62 bits per heavy atom. The van der Waals surface area contributed by atoms with E-state index in [0.717, 1.165) is 56.7 Å². The number of hydrogen-bond acceptors (Lipinski definition) is 8. The molecule has 2 fully saturated rings. The molecule has 10 nitrogen and oxygen atoms in total. The van der Waals surface area contributed by atoms with Crippen molar-refractivity contribution in [2.45, 2.75) is 13.3 Å². The Morgan fingerprint density at radius 1 is 0.619 bits per heavy atom. The van der Waals surface area contributed by atoms with Crippen molar-refractivity contribution in [3.8, 4) is 20.2 Å². The molecule has 1 aromatic carbocycles. The van der Waals surface area contributed by atoms with Crippen LogP contribution in [0.1, 0.15) is 22.9 Å². The Kier molecular flexibility index (Phi) is 7.52. The Balaban J connectivity index is 1.41. The third-order valence-electron chi connectivity index (χ3n) is 7.12. The molecule has 3 aromatic rings. The van der Waals surface area contributed by atoms with Gasteiger partial charge in [0.2, 0.25) is 0 Å². The van der Waals surface area contributed by atoms with Crippen LogP contribution < -0.4 is 0 Å². The van der Waals surface area contributed by atoms with Gasteiger partial charge in [-0.1, -0.05) is 31.2 Å². The van der Waals surface area contributed by atoms with Crippen LogP contribution in [0.25, 0.3) is 32.3 Å². The van der Waals surface area contributed by atoms with Crippen LogP contribution in [0.15, 0.2) is 53.6 Å². The summed E-state index contributed by atoms with van der Waals surface area (Å²) in [6.45, 7) is 2.07. The molecule has 0 bridgehead atoms. The summed E-state index contributed by atoms with van der Waals surface area (Å²) in [5.74, 6) is -2.54. The third kappa shape index (κ3) is 4.88. The molecule has 0 radical (unpaired) electrons. The minimum absolute atomic E-state index is 0.0628. The Bertz CT molecular complexity index is 1690. The summed E-state index contributed by atoms with van der Waals surface area (Å²) in [4.78, 5) is 81.7. The van der Waals surface area contributed by atoms with Crippen molar-refractivity contribution in [2.24, 2.45) is 0 Å². The van der Waals surface area contributed by atoms with Gasteiger partial charge in [-0.2, -0.15) is 0 Å². The first-order valence-corrected chi connectivity index (χ1v) is 14.5. The van der Waals surface area contributed by atoms with Crippen LogP contribution in [0.4, 0.5) is 9.59 Å². The number of amides is 8. The number of urea groups is 2. The van der Waals surface area contributed by atoms with Crippen LogP contribution in [-0.4, -0.2) is 83.5 Å². The fraction of sp³-hybridized carbons (Fsp3) is 0.200. The molecule has 0 unspecified atom stereocenters. The summed E-state index contributed by atoms with van der Waals surface area (Å²) >= 11 is 3.07. The minimum atomic E-state index is -0.667. The molecular formula is C30H26N4O6S2. The number of thiophene rings is 2. The lowest BCUT2D eigenvalue weighted by Crippen LogP contribution is -2.52. The Hall–Kier alpha value is -4.68. The van der Waals surface area contributed by atoms with Crippen molar-refractivity contribution in [2.75, 3.05) is 28.2 Å². The van der Waals surface area contributed by atoms with Gasteiger partial charge in [-0.3, -0.25) is 38.8 Å². The summed E-state index contributed by atoms with van der Waals surface area (Å²) < 4.78 is 0. The van der Waals surface area contributed by atoms with E-state index in [9.17, 15) is 28.8 Å². The first kappa shape index (κ1) is 28.8. The highest BCUT2D eigenvalue weighted by Crippen LogP contribution is 2.42. The van der Waals surface area contributed by atoms with E-state index in [4.69, 9.17) is 0 Å². The van der Waals surface area contributed by atoms with E-state index in [-0.39, 0.29) is 11.1 Å². The second-order valence-corrected chi connectivity index (χ2v) is 11.9. The van der Waals surface area contributed by atoms with Gasteiger partial charge in [0.25, 0.3) is 23.6 Å². The topological polar surface area (TPSA) is 115 Å². The maximum atomic E-state index is 12.6. The van der Waals surface area contributed by atoms with Gasteiger partial charge in [-0.25, -0.2) is 9.59 Å². The summed E-state index contributed by atoms with van der Waals surface area (Å²) in [5, 5.41) is 0. The van der Waals surface area contributed by atoms with Gasteiger partial charge in [0, 0.05) is 47.7 Å². The van der Waals surface area contributed by atoms with E-state index < -0.39 is 35.7 Å². The third-order valence-corrected chi connectivity index (χ3v) is 9.56. The van der Waals surface area contributed by atoms with Gasteiger partial charge in [0.15, 0.2) is 0 Å². The van der Waals surface area contributed by atoms with E-state index in [0.29, 0.717) is 5.56 Å². The van der Waals surface area contributed by atoms with E-state index >= 15 is 0 Å². The standard InChI is InChI=1S/C30H26N4O6S2/c1-6-17-14-23(18-9-7-16(8-10-18)13-20-25(35)31(2)29(39)32(3)26(20)36)42-24(17)22-12-11-19(41-22)15-21-27(37)33(4)30(40)34(5)28(21)38/h7-15H,6H2,1-5H3.